The van der Waals surface area contributed by atoms with Crippen LogP contribution in [0.3, 0.4) is 0 Å². The Morgan fingerprint density at radius 3 is 2.79 bits per heavy atom. The normalized spacial score (nSPS) is 42.8. The highest BCUT2D eigenvalue weighted by molar-refractivity contribution is 7.80. The van der Waals surface area contributed by atoms with E-state index in [-0.39, 0.29) is 28.9 Å². The first-order valence-electron chi connectivity index (χ1n) is 7.01. The monoisotopic (exact) mass is 279 g/mol. The second-order valence-electron chi connectivity index (χ2n) is 6.79. The van der Waals surface area contributed by atoms with Crippen molar-refractivity contribution in [1.82, 2.24) is 4.90 Å². The fourth-order valence-corrected chi connectivity index (χ4v) is 4.88. The van der Waals surface area contributed by atoms with Gasteiger partial charge in [-0.2, -0.15) is 0 Å². The molecular formula is C15H21NO2S. The molecule has 2 saturated carbocycles. The zero-order valence-electron chi connectivity index (χ0n) is 12.0. The molecule has 0 aromatic heterocycles. The molecule has 19 heavy (non-hydrogen) atoms. The number of allylic oxidation sites excluding steroid dienone is 1. The van der Waals surface area contributed by atoms with Crippen molar-refractivity contribution in [2.24, 2.45) is 16.7 Å². The van der Waals surface area contributed by atoms with Crippen LogP contribution < -0.4 is 0 Å². The number of nitrogens with zero attached hydrogens (tertiary/aromatic N) is 1. The molecule has 0 radical (unpaired) electrons. The van der Waals surface area contributed by atoms with Gasteiger partial charge >= 0.3 is 0 Å². The fraction of sp³-hybridized carbons (Fsp3) is 0.733. The molecule has 1 unspecified atom stereocenters. The number of carbonyl (C=O) groups excluding carboxylic acids is 1. The Balaban J connectivity index is 2.03. The van der Waals surface area contributed by atoms with Gasteiger partial charge in [0.05, 0.1) is 6.04 Å². The third kappa shape index (κ3) is 1.38. The van der Waals surface area contributed by atoms with Crippen LogP contribution in [-0.2, 0) is 9.53 Å². The molecule has 0 N–H and O–H groups in total. The Bertz CT molecular complexity index is 485. The summed E-state index contributed by atoms with van der Waals surface area (Å²) < 4.78 is 5.90. The molecule has 0 aromatic carbocycles. The summed E-state index contributed by atoms with van der Waals surface area (Å²) >= 11 is 5.29. The van der Waals surface area contributed by atoms with Gasteiger partial charge in [-0.05, 0) is 48.9 Å². The van der Waals surface area contributed by atoms with Gasteiger partial charge in [0.15, 0.2) is 0 Å². The molecule has 4 atom stereocenters. The first kappa shape index (κ1) is 13.1. The highest BCUT2D eigenvalue weighted by Crippen LogP contribution is 2.68. The lowest BCUT2D eigenvalue weighted by molar-refractivity contribution is -0.125. The summed E-state index contributed by atoms with van der Waals surface area (Å²) in [6, 6.07) is 0.109. The maximum atomic E-state index is 12.3. The van der Waals surface area contributed by atoms with Gasteiger partial charge in [-0.25, -0.2) is 0 Å². The van der Waals surface area contributed by atoms with Crippen LogP contribution in [0.1, 0.15) is 40.5 Å². The zero-order valence-corrected chi connectivity index (χ0v) is 12.8. The van der Waals surface area contributed by atoms with E-state index in [1.54, 1.807) is 17.1 Å². The highest BCUT2D eigenvalue weighted by atomic mass is 32.1. The van der Waals surface area contributed by atoms with Crippen molar-refractivity contribution in [3.63, 3.8) is 0 Å². The van der Waals surface area contributed by atoms with Crippen LogP contribution in [0.5, 0.6) is 0 Å². The molecule has 4 heteroatoms. The standard InChI is InChI=1S/C15H21NO2S/c1-5-6-10(17)16-12-11(18-13(16)19)9-7-8-15(12,4)14(9,2)3/h5-6,9,11-12H,7-8H2,1-4H3/b6-5+/t9?,11-,12-,15+/m1/s1. The van der Waals surface area contributed by atoms with E-state index >= 15 is 0 Å². The van der Waals surface area contributed by atoms with Crippen LogP contribution >= 0.6 is 12.2 Å². The molecule has 1 heterocycles. The summed E-state index contributed by atoms with van der Waals surface area (Å²) in [4.78, 5) is 14.0. The van der Waals surface area contributed by atoms with Crippen LogP contribution in [0.4, 0.5) is 0 Å². The molecule has 104 valence electrons. The Kier molecular flexibility index (Phi) is 2.63. The van der Waals surface area contributed by atoms with Crippen LogP contribution in [0.15, 0.2) is 12.2 Å². The van der Waals surface area contributed by atoms with Gasteiger partial charge in [-0.1, -0.05) is 26.8 Å². The molecule has 1 aliphatic heterocycles. The predicted octanol–water partition coefficient (Wildman–Crippen LogP) is 2.90. The number of fused-ring (bicyclic) bond motifs is 5. The molecule has 2 aliphatic carbocycles. The molecule has 1 amide bonds. The van der Waals surface area contributed by atoms with E-state index in [2.05, 4.69) is 20.8 Å². The summed E-state index contributed by atoms with van der Waals surface area (Å²) in [6.45, 7) is 8.77. The average Bonchev–Trinajstić information content (AvgIpc) is 2.82. The van der Waals surface area contributed by atoms with E-state index in [4.69, 9.17) is 17.0 Å². The second kappa shape index (κ2) is 3.81. The molecule has 3 aliphatic rings. The van der Waals surface area contributed by atoms with E-state index in [9.17, 15) is 4.79 Å². The van der Waals surface area contributed by atoms with Crippen molar-refractivity contribution in [3.05, 3.63) is 12.2 Å². The number of hydrogen-bond acceptors (Lipinski definition) is 3. The number of ether oxygens (including phenoxy) is 1. The first-order chi connectivity index (χ1) is 8.84. The summed E-state index contributed by atoms with van der Waals surface area (Å²) in [6.07, 6.45) is 5.77. The average molecular weight is 279 g/mol. The minimum atomic E-state index is -0.0374. The maximum Gasteiger partial charge on any atom is 0.267 e. The maximum absolute atomic E-state index is 12.3. The fourth-order valence-electron chi connectivity index (χ4n) is 4.56. The van der Waals surface area contributed by atoms with Crippen molar-refractivity contribution in [3.8, 4) is 0 Å². The summed E-state index contributed by atoms with van der Waals surface area (Å²) in [5.41, 5.74) is 0.299. The first-order valence-corrected chi connectivity index (χ1v) is 7.42. The number of hydrogen-bond donors (Lipinski definition) is 0. The Hall–Kier alpha value is -0.900. The van der Waals surface area contributed by atoms with E-state index in [0.29, 0.717) is 11.1 Å². The van der Waals surface area contributed by atoms with Gasteiger partial charge in [0.2, 0.25) is 0 Å². The lowest BCUT2D eigenvalue weighted by Gasteiger charge is -2.40. The summed E-state index contributed by atoms with van der Waals surface area (Å²) in [7, 11) is 0. The molecule has 0 spiro atoms. The zero-order chi connectivity index (χ0) is 14.0. The van der Waals surface area contributed by atoms with Gasteiger partial charge in [0.1, 0.15) is 6.10 Å². The van der Waals surface area contributed by atoms with Crippen molar-refractivity contribution in [1.29, 1.82) is 0 Å². The van der Waals surface area contributed by atoms with E-state index in [1.165, 1.54) is 6.42 Å². The van der Waals surface area contributed by atoms with E-state index in [1.807, 2.05) is 6.92 Å². The number of rotatable bonds is 1. The third-order valence-corrected chi connectivity index (χ3v) is 6.29. The van der Waals surface area contributed by atoms with Crippen molar-refractivity contribution < 1.29 is 9.53 Å². The minimum absolute atomic E-state index is 0.0374. The molecule has 3 nitrogen and oxygen atoms in total. The lowest BCUT2D eigenvalue weighted by atomic mass is 9.69. The van der Waals surface area contributed by atoms with Gasteiger partial charge in [0, 0.05) is 5.92 Å². The van der Waals surface area contributed by atoms with E-state index < -0.39 is 0 Å². The predicted molar refractivity (Wildman–Crippen MR) is 77.5 cm³/mol. The number of carbonyl (C=O) groups is 1. The minimum Gasteiger partial charge on any atom is -0.465 e. The van der Waals surface area contributed by atoms with Crippen molar-refractivity contribution in [2.45, 2.75) is 52.7 Å². The summed E-state index contributed by atoms with van der Waals surface area (Å²) in [5, 5.41) is 0.367. The number of amides is 1. The molecule has 1 saturated heterocycles. The smallest absolute Gasteiger partial charge is 0.267 e. The van der Waals surface area contributed by atoms with Gasteiger partial charge in [0.25, 0.3) is 11.1 Å². The Labute approximate surface area is 120 Å². The van der Waals surface area contributed by atoms with Crippen LogP contribution in [-0.4, -0.2) is 28.1 Å². The molecular weight excluding hydrogens is 258 g/mol. The van der Waals surface area contributed by atoms with Crippen molar-refractivity contribution in [2.75, 3.05) is 0 Å². The van der Waals surface area contributed by atoms with Crippen LogP contribution in [0, 0.1) is 16.7 Å². The highest BCUT2D eigenvalue weighted by Gasteiger charge is 2.72. The molecule has 0 aromatic rings. The van der Waals surface area contributed by atoms with Crippen LogP contribution in [0.25, 0.3) is 0 Å². The largest absolute Gasteiger partial charge is 0.465 e. The Morgan fingerprint density at radius 2 is 2.16 bits per heavy atom. The van der Waals surface area contributed by atoms with Crippen molar-refractivity contribution >= 4 is 23.3 Å². The van der Waals surface area contributed by atoms with Gasteiger partial charge in [-0.15, -0.1) is 0 Å². The SMILES string of the molecule is C/C=C/C(=O)N1C(=S)O[C@@H]2C3CC[C@@](C)([C@@H]21)C3(C)C. The van der Waals surface area contributed by atoms with E-state index in [0.717, 1.165) is 6.42 Å². The number of thiocarbonyl (C=S) groups is 1. The second-order valence-corrected chi connectivity index (χ2v) is 7.14. The Morgan fingerprint density at radius 1 is 1.47 bits per heavy atom. The quantitative estimate of drug-likeness (QED) is 0.546. The molecule has 3 rings (SSSR count). The lowest BCUT2D eigenvalue weighted by Crippen LogP contribution is -2.49. The topological polar surface area (TPSA) is 29.5 Å². The van der Waals surface area contributed by atoms with Gasteiger partial charge < -0.3 is 4.74 Å². The van der Waals surface area contributed by atoms with Crippen LogP contribution in [0.2, 0.25) is 0 Å². The summed E-state index contributed by atoms with van der Waals surface area (Å²) in [5.74, 6) is 0.466. The van der Waals surface area contributed by atoms with Gasteiger partial charge in [-0.3, -0.25) is 9.69 Å². The molecule has 2 bridgehead atoms. The molecule has 3 fully saturated rings. The third-order valence-electron chi connectivity index (χ3n) is 5.99.